The van der Waals surface area contributed by atoms with Gasteiger partial charge in [0.2, 0.25) is 5.91 Å². The second-order valence-electron chi connectivity index (χ2n) is 8.21. The largest absolute Gasteiger partial charge is 0.496 e. The van der Waals surface area contributed by atoms with Crippen LogP contribution in [0, 0.1) is 5.92 Å². The Balaban J connectivity index is 1.64. The van der Waals surface area contributed by atoms with Crippen LogP contribution in [0.4, 0.5) is 0 Å². The number of hydrogen-bond acceptors (Lipinski definition) is 5. The third-order valence-corrected chi connectivity index (χ3v) is 6.47. The Labute approximate surface area is 219 Å². The molecular weight excluding hydrogens is 515 g/mol. The Hall–Kier alpha value is -2.48. The normalized spacial score (nSPS) is 14.8. The first-order valence-electron chi connectivity index (χ1n) is 11.3. The molecule has 1 aliphatic heterocycles. The molecule has 2 amide bonds. The minimum atomic E-state index is -0.882. The van der Waals surface area contributed by atoms with Crippen molar-refractivity contribution in [1.29, 1.82) is 0 Å². The molecule has 7 nitrogen and oxygen atoms in total. The fraction of sp³-hybridized carbons (Fsp3) is 0.400. The molecule has 2 aromatic rings. The number of likely N-dealkylation sites (tertiary alicyclic amines) is 1. The molecule has 1 heterocycles. The topological polar surface area (TPSA) is 84.9 Å². The molecule has 2 aromatic carbocycles. The predicted molar refractivity (Wildman–Crippen MR) is 135 cm³/mol. The van der Waals surface area contributed by atoms with E-state index in [2.05, 4.69) is 5.32 Å². The van der Waals surface area contributed by atoms with Gasteiger partial charge in [-0.3, -0.25) is 9.59 Å². The number of benzene rings is 2. The van der Waals surface area contributed by atoms with E-state index in [4.69, 9.17) is 44.3 Å². The summed E-state index contributed by atoms with van der Waals surface area (Å²) in [6.45, 7) is 2.67. The summed E-state index contributed by atoms with van der Waals surface area (Å²) < 4.78 is 10.4. The number of esters is 1. The molecule has 3 rings (SSSR count). The predicted octanol–water partition coefficient (Wildman–Crippen LogP) is 4.80. The van der Waals surface area contributed by atoms with E-state index >= 15 is 0 Å². The second kappa shape index (κ2) is 12.5. The summed E-state index contributed by atoms with van der Waals surface area (Å²) in [5.74, 6) is -0.899. The van der Waals surface area contributed by atoms with Crippen molar-refractivity contribution in [3.63, 3.8) is 0 Å². The van der Waals surface area contributed by atoms with Gasteiger partial charge in [0.25, 0.3) is 5.91 Å². The summed E-state index contributed by atoms with van der Waals surface area (Å²) >= 11 is 18.2. The van der Waals surface area contributed by atoms with Crippen molar-refractivity contribution >= 4 is 52.6 Å². The van der Waals surface area contributed by atoms with E-state index in [1.165, 1.54) is 7.11 Å². The molecule has 35 heavy (non-hydrogen) atoms. The average Bonchev–Trinajstić information content (AvgIpc) is 2.82. The van der Waals surface area contributed by atoms with Crippen LogP contribution in [0.1, 0.15) is 35.7 Å². The zero-order valence-electron chi connectivity index (χ0n) is 19.5. The lowest BCUT2D eigenvalue weighted by Crippen LogP contribution is -2.48. The number of rotatable bonds is 8. The van der Waals surface area contributed by atoms with Crippen molar-refractivity contribution in [2.45, 2.75) is 32.2 Å². The summed E-state index contributed by atoms with van der Waals surface area (Å²) in [5, 5.41) is 4.14. The molecule has 1 aliphatic rings. The van der Waals surface area contributed by atoms with Crippen LogP contribution < -0.4 is 10.1 Å². The van der Waals surface area contributed by atoms with Gasteiger partial charge in [-0.15, -0.1) is 0 Å². The molecule has 0 radical (unpaired) electrons. The van der Waals surface area contributed by atoms with E-state index in [0.717, 1.165) is 0 Å². The summed E-state index contributed by atoms with van der Waals surface area (Å²) in [7, 11) is 1.49. The molecule has 0 bridgehead atoms. The summed E-state index contributed by atoms with van der Waals surface area (Å²) in [4.78, 5) is 40.2. The maximum Gasteiger partial charge on any atom is 0.328 e. The standard InChI is InChI=1S/C25H27Cl3N2O5/c1-3-35-25(33)21(12-15-10-18(27)13-19(28)11-15)29-23(31)16-6-8-30(9-7-16)24(32)20-14-17(26)4-5-22(20)34-2/h4-5,10-11,13-14,16,21H,3,6-9,12H2,1-2H3,(H,29,31). The number of nitrogens with zero attached hydrogens (tertiary/aromatic N) is 1. The van der Waals surface area contributed by atoms with Gasteiger partial charge < -0.3 is 19.7 Å². The highest BCUT2D eigenvalue weighted by atomic mass is 35.5. The van der Waals surface area contributed by atoms with Crippen LogP contribution in [0.5, 0.6) is 5.75 Å². The van der Waals surface area contributed by atoms with Gasteiger partial charge in [0.05, 0.1) is 19.3 Å². The Kier molecular flexibility index (Phi) is 9.66. The van der Waals surface area contributed by atoms with Crippen LogP contribution in [0.15, 0.2) is 36.4 Å². The number of halogens is 3. The van der Waals surface area contributed by atoms with Gasteiger partial charge in [-0.05, 0) is 61.7 Å². The lowest BCUT2D eigenvalue weighted by atomic mass is 9.94. The van der Waals surface area contributed by atoms with Crippen LogP contribution in [-0.4, -0.2) is 55.5 Å². The third-order valence-electron chi connectivity index (χ3n) is 5.79. The van der Waals surface area contributed by atoms with E-state index in [9.17, 15) is 14.4 Å². The second-order valence-corrected chi connectivity index (χ2v) is 9.52. The van der Waals surface area contributed by atoms with Crippen molar-refractivity contribution < 1.29 is 23.9 Å². The number of carbonyl (C=O) groups excluding carboxylic acids is 3. The molecule has 188 valence electrons. The molecule has 1 N–H and O–H groups in total. The minimum Gasteiger partial charge on any atom is -0.496 e. The zero-order chi connectivity index (χ0) is 25.5. The fourth-order valence-electron chi connectivity index (χ4n) is 4.05. The van der Waals surface area contributed by atoms with Crippen molar-refractivity contribution in [2.75, 3.05) is 26.8 Å². The molecule has 0 aliphatic carbocycles. The number of ether oxygens (including phenoxy) is 2. The van der Waals surface area contributed by atoms with E-state index in [1.807, 2.05) is 0 Å². The molecule has 0 saturated carbocycles. The van der Waals surface area contributed by atoms with Crippen molar-refractivity contribution in [2.24, 2.45) is 5.92 Å². The SMILES string of the molecule is CCOC(=O)C(Cc1cc(Cl)cc(Cl)c1)NC(=O)C1CCN(C(=O)c2cc(Cl)ccc2OC)CC1. The Bertz CT molecular complexity index is 1070. The fourth-order valence-corrected chi connectivity index (χ4v) is 4.80. The Morgan fingerprint density at radius 3 is 2.29 bits per heavy atom. The Morgan fingerprint density at radius 2 is 1.69 bits per heavy atom. The van der Waals surface area contributed by atoms with Crippen LogP contribution in [0.3, 0.4) is 0 Å². The molecule has 0 spiro atoms. The van der Waals surface area contributed by atoms with Gasteiger partial charge in [0.15, 0.2) is 0 Å². The molecule has 1 unspecified atom stereocenters. The highest BCUT2D eigenvalue weighted by Crippen LogP contribution is 2.27. The maximum atomic E-state index is 13.0. The molecular formula is C25H27Cl3N2O5. The Morgan fingerprint density at radius 1 is 1.03 bits per heavy atom. The first-order valence-corrected chi connectivity index (χ1v) is 12.4. The van der Waals surface area contributed by atoms with E-state index < -0.39 is 12.0 Å². The van der Waals surface area contributed by atoms with Crippen LogP contribution in [-0.2, 0) is 20.7 Å². The summed E-state index contributed by atoms with van der Waals surface area (Å²) in [6.07, 6.45) is 1.11. The van der Waals surface area contributed by atoms with Gasteiger partial charge in [0, 0.05) is 40.5 Å². The monoisotopic (exact) mass is 540 g/mol. The highest BCUT2D eigenvalue weighted by molar-refractivity contribution is 6.34. The van der Waals surface area contributed by atoms with Crippen molar-refractivity contribution in [1.82, 2.24) is 10.2 Å². The van der Waals surface area contributed by atoms with E-state index in [1.54, 1.807) is 48.2 Å². The lowest BCUT2D eigenvalue weighted by Gasteiger charge is -2.32. The lowest BCUT2D eigenvalue weighted by molar-refractivity contribution is -0.148. The number of nitrogens with one attached hydrogen (secondary N) is 1. The summed E-state index contributed by atoms with van der Waals surface area (Å²) in [6, 6.07) is 8.99. The number of carbonyl (C=O) groups is 3. The number of hydrogen-bond donors (Lipinski definition) is 1. The van der Waals surface area contributed by atoms with Crippen molar-refractivity contribution in [3.8, 4) is 5.75 Å². The average molecular weight is 542 g/mol. The first kappa shape index (κ1) is 27.1. The molecule has 0 aromatic heterocycles. The zero-order valence-corrected chi connectivity index (χ0v) is 21.8. The number of methoxy groups -OCH3 is 1. The number of piperidine rings is 1. The molecule has 1 fully saturated rings. The molecule has 10 heteroatoms. The molecule has 1 atom stereocenters. The van der Waals surface area contributed by atoms with Crippen LogP contribution in [0.2, 0.25) is 15.1 Å². The van der Waals surface area contributed by atoms with Crippen molar-refractivity contribution in [3.05, 3.63) is 62.6 Å². The quantitative estimate of drug-likeness (QED) is 0.486. The smallest absolute Gasteiger partial charge is 0.328 e. The van der Waals surface area contributed by atoms with E-state index in [0.29, 0.717) is 57.9 Å². The summed E-state index contributed by atoms with van der Waals surface area (Å²) in [5.41, 5.74) is 1.09. The van der Waals surface area contributed by atoms with Crippen LogP contribution in [0.25, 0.3) is 0 Å². The van der Waals surface area contributed by atoms with Gasteiger partial charge in [-0.1, -0.05) is 34.8 Å². The minimum absolute atomic E-state index is 0.189. The third kappa shape index (κ3) is 7.26. The highest BCUT2D eigenvalue weighted by Gasteiger charge is 2.32. The number of amides is 2. The first-order chi connectivity index (χ1) is 16.7. The van der Waals surface area contributed by atoms with Gasteiger partial charge in [0.1, 0.15) is 11.8 Å². The molecule has 1 saturated heterocycles. The van der Waals surface area contributed by atoms with Gasteiger partial charge in [-0.2, -0.15) is 0 Å². The maximum absolute atomic E-state index is 13.0. The van der Waals surface area contributed by atoms with E-state index in [-0.39, 0.29) is 30.8 Å². The van der Waals surface area contributed by atoms with Gasteiger partial charge in [-0.25, -0.2) is 4.79 Å². The van der Waals surface area contributed by atoms with Gasteiger partial charge >= 0.3 is 5.97 Å². The van der Waals surface area contributed by atoms with Crippen LogP contribution >= 0.6 is 34.8 Å².